The molecular weight excluding hydrogens is 424 g/mol. The number of aryl methyl sites for hydroxylation is 1. The number of carbonyl (C=O) groups is 2. The first kappa shape index (κ1) is 24.4. The number of hydrogen-bond acceptors (Lipinski definition) is 4. The van der Waals surface area contributed by atoms with E-state index in [0.29, 0.717) is 37.5 Å². The van der Waals surface area contributed by atoms with Gasteiger partial charge in [0.25, 0.3) is 5.91 Å². The minimum atomic E-state index is -0.415. The fourth-order valence-electron chi connectivity index (χ4n) is 5.12. The van der Waals surface area contributed by atoms with Gasteiger partial charge in [-0.2, -0.15) is 0 Å². The Morgan fingerprint density at radius 2 is 1.71 bits per heavy atom. The van der Waals surface area contributed by atoms with E-state index in [2.05, 4.69) is 48.3 Å². The largest absolute Gasteiger partial charge is 0.338 e. The topological polar surface area (TPSA) is 55.9 Å². The molecular formula is C28H38N4O2. The van der Waals surface area contributed by atoms with Gasteiger partial charge in [0, 0.05) is 57.4 Å². The average Bonchev–Trinajstić information content (AvgIpc) is 3.30. The van der Waals surface area contributed by atoms with Crippen LogP contribution in [0.2, 0.25) is 0 Å². The van der Waals surface area contributed by atoms with Gasteiger partial charge in [0.15, 0.2) is 0 Å². The lowest BCUT2D eigenvalue weighted by molar-refractivity contribution is -0.135. The third-order valence-corrected chi connectivity index (χ3v) is 6.90. The molecule has 34 heavy (non-hydrogen) atoms. The number of amides is 2. The van der Waals surface area contributed by atoms with Crippen LogP contribution in [0.5, 0.6) is 0 Å². The summed E-state index contributed by atoms with van der Waals surface area (Å²) in [5.41, 5.74) is 3.04. The Kier molecular flexibility index (Phi) is 8.01. The zero-order chi connectivity index (χ0) is 24.1. The molecule has 0 radical (unpaired) electrons. The molecule has 2 aromatic carbocycles. The first-order chi connectivity index (χ1) is 16.4. The summed E-state index contributed by atoms with van der Waals surface area (Å²) < 4.78 is 0. The molecule has 2 aromatic rings. The Morgan fingerprint density at radius 1 is 1.03 bits per heavy atom. The van der Waals surface area contributed by atoms with Crippen molar-refractivity contribution in [2.45, 2.75) is 45.8 Å². The summed E-state index contributed by atoms with van der Waals surface area (Å²) in [5, 5.41) is 3.32. The van der Waals surface area contributed by atoms with Gasteiger partial charge in [0.1, 0.15) is 6.04 Å². The van der Waals surface area contributed by atoms with Crippen LogP contribution in [-0.4, -0.2) is 77.9 Å². The molecule has 2 heterocycles. The zero-order valence-corrected chi connectivity index (χ0v) is 20.7. The Bertz CT molecular complexity index is 954. The van der Waals surface area contributed by atoms with Crippen LogP contribution in [0.25, 0.3) is 0 Å². The molecule has 2 amide bonds. The van der Waals surface area contributed by atoms with Crippen LogP contribution in [0.15, 0.2) is 54.6 Å². The van der Waals surface area contributed by atoms with Gasteiger partial charge in [-0.3, -0.25) is 14.5 Å². The Balaban J connectivity index is 1.59. The predicted molar refractivity (Wildman–Crippen MR) is 136 cm³/mol. The monoisotopic (exact) mass is 462 g/mol. The molecule has 6 nitrogen and oxygen atoms in total. The fraction of sp³-hybridized carbons (Fsp3) is 0.500. The second kappa shape index (κ2) is 11.2. The van der Waals surface area contributed by atoms with Crippen LogP contribution in [0.1, 0.15) is 41.8 Å². The summed E-state index contributed by atoms with van der Waals surface area (Å²) in [4.78, 5) is 33.5. The molecule has 0 aliphatic carbocycles. The summed E-state index contributed by atoms with van der Waals surface area (Å²) >= 11 is 0. The van der Waals surface area contributed by atoms with Gasteiger partial charge in [0.2, 0.25) is 5.91 Å². The van der Waals surface area contributed by atoms with Crippen molar-refractivity contribution in [3.63, 3.8) is 0 Å². The number of benzene rings is 2. The summed E-state index contributed by atoms with van der Waals surface area (Å²) in [5.74, 6) is 0.543. The van der Waals surface area contributed by atoms with Gasteiger partial charge >= 0.3 is 0 Å². The van der Waals surface area contributed by atoms with Gasteiger partial charge in [-0.05, 0) is 37.0 Å². The number of rotatable bonds is 7. The van der Waals surface area contributed by atoms with Crippen LogP contribution in [0.4, 0.5) is 0 Å². The van der Waals surface area contributed by atoms with Crippen LogP contribution >= 0.6 is 0 Å². The van der Waals surface area contributed by atoms with Crippen molar-refractivity contribution in [1.82, 2.24) is 20.0 Å². The van der Waals surface area contributed by atoms with Crippen LogP contribution in [-0.2, 0) is 11.3 Å². The molecule has 2 aliphatic rings. The molecule has 0 saturated carbocycles. The number of piperazine rings is 1. The molecule has 1 N–H and O–H groups in total. The first-order valence-electron chi connectivity index (χ1n) is 12.6. The lowest BCUT2D eigenvalue weighted by atomic mass is 10.1. The molecule has 2 atom stereocenters. The third-order valence-electron chi connectivity index (χ3n) is 6.90. The Hall–Kier alpha value is -2.70. The highest BCUT2D eigenvalue weighted by molar-refractivity contribution is 5.98. The second-order valence-electron chi connectivity index (χ2n) is 10.1. The smallest absolute Gasteiger partial charge is 0.254 e. The van der Waals surface area contributed by atoms with Gasteiger partial charge in [-0.1, -0.05) is 61.9 Å². The number of nitrogens with one attached hydrogen (secondary N) is 1. The van der Waals surface area contributed by atoms with Crippen molar-refractivity contribution >= 4 is 11.8 Å². The van der Waals surface area contributed by atoms with Crippen molar-refractivity contribution in [2.24, 2.45) is 5.92 Å². The zero-order valence-electron chi connectivity index (χ0n) is 20.7. The fourth-order valence-corrected chi connectivity index (χ4v) is 5.12. The summed E-state index contributed by atoms with van der Waals surface area (Å²) in [6.45, 7) is 11.8. The Morgan fingerprint density at radius 3 is 2.35 bits per heavy atom. The molecule has 182 valence electrons. The molecule has 2 unspecified atom stereocenters. The molecule has 4 rings (SSSR count). The van der Waals surface area contributed by atoms with Crippen molar-refractivity contribution < 1.29 is 9.59 Å². The highest BCUT2D eigenvalue weighted by Crippen LogP contribution is 2.28. The number of likely N-dealkylation sites (tertiary alicyclic amines) is 1. The average molecular weight is 463 g/mol. The van der Waals surface area contributed by atoms with Crippen LogP contribution in [0.3, 0.4) is 0 Å². The number of nitrogens with zero attached hydrogens (tertiary/aromatic N) is 3. The molecule has 0 spiro atoms. The normalized spacial score (nSPS) is 20.9. The lowest BCUT2D eigenvalue weighted by Gasteiger charge is -2.32. The highest BCUT2D eigenvalue weighted by Gasteiger charge is 2.43. The maximum Gasteiger partial charge on any atom is 0.254 e. The van der Waals surface area contributed by atoms with Crippen molar-refractivity contribution in [2.75, 3.05) is 39.3 Å². The van der Waals surface area contributed by atoms with E-state index in [1.165, 1.54) is 5.56 Å². The van der Waals surface area contributed by atoms with Gasteiger partial charge < -0.3 is 15.1 Å². The van der Waals surface area contributed by atoms with Gasteiger partial charge in [0.05, 0.1) is 0 Å². The van der Waals surface area contributed by atoms with Crippen molar-refractivity contribution in [3.05, 3.63) is 71.3 Å². The lowest BCUT2D eigenvalue weighted by Crippen LogP contribution is -2.53. The number of hydrogen-bond donors (Lipinski definition) is 1. The van der Waals surface area contributed by atoms with E-state index in [9.17, 15) is 9.59 Å². The van der Waals surface area contributed by atoms with E-state index >= 15 is 0 Å². The van der Waals surface area contributed by atoms with Gasteiger partial charge in [-0.25, -0.2) is 0 Å². The van der Waals surface area contributed by atoms with Gasteiger partial charge in [-0.15, -0.1) is 0 Å². The van der Waals surface area contributed by atoms with E-state index in [-0.39, 0.29) is 17.9 Å². The van der Waals surface area contributed by atoms with E-state index in [1.54, 1.807) is 0 Å². The second-order valence-corrected chi connectivity index (χ2v) is 10.1. The minimum Gasteiger partial charge on any atom is -0.338 e. The van der Waals surface area contributed by atoms with Crippen molar-refractivity contribution in [1.29, 1.82) is 0 Å². The van der Waals surface area contributed by atoms with E-state index in [0.717, 1.165) is 31.7 Å². The summed E-state index contributed by atoms with van der Waals surface area (Å²) in [6.07, 6.45) is 0.680. The van der Waals surface area contributed by atoms with E-state index < -0.39 is 6.04 Å². The quantitative estimate of drug-likeness (QED) is 0.687. The third kappa shape index (κ3) is 5.86. The van der Waals surface area contributed by atoms with Crippen LogP contribution < -0.4 is 5.32 Å². The summed E-state index contributed by atoms with van der Waals surface area (Å²) in [6, 6.07) is 17.9. The first-order valence-corrected chi connectivity index (χ1v) is 12.6. The maximum absolute atomic E-state index is 13.6. The molecule has 0 aromatic heterocycles. The standard InChI is InChI=1S/C28H38N4O2/c1-21(2)18-31(19-23-7-5-4-6-8-23)25-17-26(28(34)30-15-13-29-14-16-30)32(20-25)27(33)24-11-9-22(3)10-12-24/h4-12,21,25-26,29H,13-20H2,1-3H3. The molecule has 2 fully saturated rings. The Labute approximate surface area is 203 Å². The SMILES string of the molecule is Cc1ccc(C(=O)N2CC(N(Cc3ccccc3)CC(C)C)CC2C(=O)N2CCNCC2)cc1. The number of carbonyl (C=O) groups excluding carboxylic acids is 2. The van der Waals surface area contributed by atoms with Crippen LogP contribution in [0, 0.1) is 12.8 Å². The minimum absolute atomic E-state index is 0.0415. The molecule has 2 aliphatic heterocycles. The van der Waals surface area contributed by atoms with Crippen molar-refractivity contribution in [3.8, 4) is 0 Å². The predicted octanol–water partition coefficient (Wildman–Crippen LogP) is 3.17. The van der Waals surface area contributed by atoms with E-state index in [4.69, 9.17) is 0 Å². The summed E-state index contributed by atoms with van der Waals surface area (Å²) in [7, 11) is 0. The maximum atomic E-state index is 13.6. The molecule has 0 bridgehead atoms. The molecule has 6 heteroatoms. The highest BCUT2D eigenvalue weighted by atomic mass is 16.2. The van der Waals surface area contributed by atoms with E-state index in [1.807, 2.05) is 47.1 Å². The molecule has 2 saturated heterocycles.